The Bertz CT molecular complexity index is 3580. The molecular formula is C76H108N4. The second-order valence-electron chi connectivity index (χ2n) is 17.0. The van der Waals surface area contributed by atoms with E-state index < -0.39 is 0 Å². The summed E-state index contributed by atoms with van der Waals surface area (Å²) in [7, 11) is 0. The highest BCUT2D eigenvalue weighted by atomic mass is 15.0. The number of hydrogen-bond donors (Lipinski definition) is 0. The van der Waals surface area contributed by atoms with Crippen LogP contribution in [0.15, 0.2) is 170 Å². The first-order valence-corrected chi connectivity index (χ1v) is 31.2. The van der Waals surface area contributed by atoms with Gasteiger partial charge in [0.05, 0.1) is 5.52 Å². The van der Waals surface area contributed by atoms with Crippen molar-refractivity contribution in [1.82, 2.24) is 18.3 Å². The monoisotopic (exact) mass is 1080 g/mol. The third-order valence-electron chi connectivity index (χ3n) is 13.1. The Labute approximate surface area is 487 Å². The fourth-order valence-electron chi connectivity index (χ4n) is 10.2. The summed E-state index contributed by atoms with van der Waals surface area (Å²) in [6.07, 6.45) is 0. The van der Waals surface area contributed by atoms with Gasteiger partial charge in [-0.15, -0.1) is 0 Å². The standard InChI is InChI=1S/4C15H15N.8C2H6/c1-3-16-14-10-5-4-8-12(14)13-9-6-7-11(2)15(13)16;1-3-16-13-9-5-4-8-12(13)15-11(2)7-6-10-14(15)16;1-3-16-14-7-5-4-6-12(14)13-10-11(2)8-9-15(13)16;1-3-16-14-7-5-4-6-12(14)13-9-8-11(2)10-15(13)16;8*1-2/h4*4-10H,3H2,1-2H3;8*1-2H3. The second-order valence-corrected chi connectivity index (χ2v) is 17.0. The van der Waals surface area contributed by atoms with E-state index in [2.05, 4.69) is 244 Å². The third-order valence-corrected chi connectivity index (χ3v) is 13.1. The molecule has 4 heterocycles. The van der Waals surface area contributed by atoms with Gasteiger partial charge in [0.25, 0.3) is 0 Å². The van der Waals surface area contributed by atoms with Crippen molar-refractivity contribution in [3.8, 4) is 0 Å². The van der Waals surface area contributed by atoms with Crippen molar-refractivity contribution >= 4 is 87.2 Å². The normalized spacial score (nSPS) is 9.70. The summed E-state index contributed by atoms with van der Waals surface area (Å²) >= 11 is 0. The second kappa shape index (κ2) is 38.5. The van der Waals surface area contributed by atoms with Crippen LogP contribution in [0.1, 0.15) is 161 Å². The van der Waals surface area contributed by atoms with E-state index in [1.807, 2.05) is 111 Å². The number of fused-ring (bicyclic) bond motifs is 12. The van der Waals surface area contributed by atoms with Gasteiger partial charge in [-0.2, -0.15) is 0 Å². The van der Waals surface area contributed by atoms with Crippen LogP contribution in [0.3, 0.4) is 0 Å². The number of nitrogens with zero attached hydrogens (tertiary/aromatic N) is 4. The maximum Gasteiger partial charge on any atom is 0.0520 e. The summed E-state index contributed by atoms with van der Waals surface area (Å²) in [5.74, 6) is 0. The molecule has 4 nitrogen and oxygen atoms in total. The molecule has 80 heavy (non-hydrogen) atoms. The highest BCUT2D eigenvalue weighted by Crippen LogP contribution is 2.34. The van der Waals surface area contributed by atoms with Gasteiger partial charge in [-0.05, 0) is 121 Å². The van der Waals surface area contributed by atoms with Crippen LogP contribution in [0.25, 0.3) is 87.2 Å². The van der Waals surface area contributed by atoms with Crippen LogP contribution in [-0.2, 0) is 26.2 Å². The number of benzene rings is 8. The van der Waals surface area contributed by atoms with Crippen molar-refractivity contribution in [3.05, 3.63) is 192 Å². The lowest BCUT2D eigenvalue weighted by molar-refractivity contribution is 0.825. The van der Waals surface area contributed by atoms with Gasteiger partial charge < -0.3 is 18.3 Å². The van der Waals surface area contributed by atoms with Crippen molar-refractivity contribution < 1.29 is 0 Å². The summed E-state index contributed by atoms with van der Waals surface area (Å²) in [4.78, 5) is 0. The summed E-state index contributed by atoms with van der Waals surface area (Å²) < 4.78 is 9.56. The number of hydrogen-bond acceptors (Lipinski definition) is 0. The molecule has 4 aromatic heterocycles. The Kier molecular flexibility index (Phi) is 34.2. The minimum atomic E-state index is 1.02. The highest BCUT2D eigenvalue weighted by Gasteiger charge is 2.13. The molecule has 0 aliphatic carbocycles. The average molecular weight is 1080 g/mol. The zero-order chi connectivity index (χ0) is 60.5. The molecule has 0 spiro atoms. The molecule has 0 atom stereocenters. The SMILES string of the molecule is CC.CC.CC.CC.CC.CC.CC.CC.CCn1c2ccccc2c2c(C)cccc21.CCn1c2ccccc2c2cc(C)ccc21.CCn1c2ccccc2c2ccc(C)cc21.CCn1c2ccccc2c2cccc(C)c21. The molecule has 12 rings (SSSR count). The number of para-hydroxylation sites is 5. The molecule has 432 valence electrons. The van der Waals surface area contributed by atoms with Crippen LogP contribution < -0.4 is 0 Å². The van der Waals surface area contributed by atoms with E-state index in [4.69, 9.17) is 0 Å². The van der Waals surface area contributed by atoms with Gasteiger partial charge >= 0.3 is 0 Å². The molecule has 0 saturated carbocycles. The van der Waals surface area contributed by atoms with Crippen LogP contribution in [-0.4, -0.2) is 18.3 Å². The molecule has 0 aliphatic rings. The van der Waals surface area contributed by atoms with Crippen LogP contribution in [0.4, 0.5) is 0 Å². The summed E-state index contributed by atoms with van der Waals surface area (Å²) in [5, 5.41) is 11.0. The Morgan fingerprint density at radius 1 is 0.237 bits per heavy atom. The lowest BCUT2D eigenvalue weighted by Gasteiger charge is -2.04. The lowest BCUT2D eigenvalue weighted by Crippen LogP contribution is -1.94. The predicted molar refractivity (Wildman–Crippen MR) is 370 cm³/mol. The van der Waals surface area contributed by atoms with E-state index in [0.29, 0.717) is 0 Å². The topological polar surface area (TPSA) is 19.7 Å². The van der Waals surface area contributed by atoms with Crippen molar-refractivity contribution in [1.29, 1.82) is 0 Å². The molecule has 0 aliphatic heterocycles. The fraction of sp³-hybridized carbons (Fsp3) is 0.368. The molecule has 0 fully saturated rings. The Morgan fingerprint density at radius 3 is 1.05 bits per heavy atom. The molecule has 0 saturated heterocycles. The van der Waals surface area contributed by atoms with E-state index in [1.54, 1.807) is 0 Å². The van der Waals surface area contributed by atoms with Gasteiger partial charge in [0, 0.05) is 108 Å². The highest BCUT2D eigenvalue weighted by molar-refractivity contribution is 6.11. The molecule has 0 N–H and O–H groups in total. The zero-order valence-corrected chi connectivity index (χ0v) is 54.8. The first kappa shape index (κ1) is 71.0. The van der Waals surface area contributed by atoms with E-state index in [1.165, 1.54) is 109 Å². The van der Waals surface area contributed by atoms with Gasteiger partial charge in [0.2, 0.25) is 0 Å². The minimum Gasteiger partial charge on any atom is -0.341 e. The minimum absolute atomic E-state index is 1.02. The molecule has 4 heteroatoms. The predicted octanol–water partition coefficient (Wildman–Crippen LogP) is 24.7. The number of rotatable bonds is 4. The summed E-state index contributed by atoms with van der Waals surface area (Å²) in [6.45, 7) is 53.6. The van der Waals surface area contributed by atoms with Crippen molar-refractivity contribution in [3.63, 3.8) is 0 Å². The summed E-state index contributed by atoms with van der Waals surface area (Å²) in [5.41, 5.74) is 16.2. The fourth-order valence-corrected chi connectivity index (χ4v) is 10.2. The largest absolute Gasteiger partial charge is 0.341 e. The van der Waals surface area contributed by atoms with Gasteiger partial charge in [-0.3, -0.25) is 0 Å². The molecule has 0 bridgehead atoms. The van der Waals surface area contributed by atoms with Gasteiger partial charge in [0.1, 0.15) is 0 Å². The molecule has 0 amide bonds. The van der Waals surface area contributed by atoms with Crippen molar-refractivity contribution in [2.24, 2.45) is 0 Å². The molecule has 12 aromatic rings. The van der Waals surface area contributed by atoms with Gasteiger partial charge in [-0.25, -0.2) is 0 Å². The van der Waals surface area contributed by atoms with Crippen LogP contribution in [0.2, 0.25) is 0 Å². The summed E-state index contributed by atoms with van der Waals surface area (Å²) in [6, 6.07) is 61.1. The van der Waals surface area contributed by atoms with E-state index in [9.17, 15) is 0 Å². The van der Waals surface area contributed by atoms with E-state index in [0.717, 1.165) is 26.2 Å². The first-order chi connectivity index (χ1) is 39.3. The Balaban J connectivity index is 0.000000491. The lowest BCUT2D eigenvalue weighted by atomic mass is 10.1. The van der Waals surface area contributed by atoms with Crippen molar-refractivity contribution in [2.75, 3.05) is 0 Å². The van der Waals surface area contributed by atoms with Crippen LogP contribution in [0, 0.1) is 27.7 Å². The van der Waals surface area contributed by atoms with E-state index >= 15 is 0 Å². The zero-order valence-electron chi connectivity index (χ0n) is 54.8. The molecular weight excluding hydrogens is 969 g/mol. The van der Waals surface area contributed by atoms with Crippen LogP contribution in [0.5, 0.6) is 0 Å². The Morgan fingerprint density at radius 2 is 0.550 bits per heavy atom. The Hall–Kier alpha value is -7.04. The first-order valence-electron chi connectivity index (χ1n) is 31.2. The smallest absolute Gasteiger partial charge is 0.0520 e. The third kappa shape index (κ3) is 16.1. The molecule has 0 radical (unpaired) electrons. The molecule has 0 unspecified atom stereocenters. The van der Waals surface area contributed by atoms with Gasteiger partial charge in [0.15, 0.2) is 0 Å². The quantitative estimate of drug-likeness (QED) is 0.167. The maximum absolute atomic E-state index is 2.40. The maximum atomic E-state index is 2.40. The van der Waals surface area contributed by atoms with E-state index in [-0.39, 0.29) is 0 Å². The van der Waals surface area contributed by atoms with Gasteiger partial charge in [-0.1, -0.05) is 238 Å². The van der Waals surface area contributed by atoms with Crippen molar-refractivity contribution in [2.45, 2.75) is 192 Å². The number of aryl methyl sites for hydroxylation is 8. The average Bonchev–Trinajstić information content (AvgIpc) is 4.34. The molecule has 8 aromatic carbocycles. The number of aromatic nitrogens is 4. The van der Waals surface area contributed by atoms with Crippen LogP contribution >= 0.6 is 0 Å².